The van der Waals surface area contributed by atoms with Crippen LogP contribution in [0.1, 0.15) is 37.0 Å². The number of methoxy groups -OCH3 is 1. The van der Waals surface area contributed by atoms with Gasteiger partial charge in [0.1, 0.15) is 5.75 Å². The molecule has 18 heavy (non-hydrogen) atoms. The number of hydrogen-bond acceptors (Lipinski definition) is 2. The van der Waals surface area contributed by atoms with Gasteiger partial charge in [-0.1, -0.05) is 6.07 Å². The first-order valence-corrected chi connectivity index (χ1v) is 6.36. The highest BCUT2D eigenvalue weighted by Gasteiger charge is 2.29. The molecule has 0 saturated heterocycles. The first kappa shape index (κ1) is 12.9. The van der Waals surface area contributed by atoms with Crippen LogP contribution in [0.25, 0.3) is 0 Å². The van der Waals surface area contributed by atoms with Crippen LogP contribution in [-0.4, -0.2) is 18.2 Å². The number of carbonyl (C=O) groups is 1. The van der Waals surface area contributed by atoms with Crippen molar-refractivity contribution in [2.75, 3.05) is 7.11 Å². The fourth-order valence-corrected chi connectivity index (χ4v) is 2.53. The van der Waals surface area contributed by atoms with Crippen molar-refractivity contribution in [3.63, 3.8) is 0 Å². The Morgan fingerprint density at radius 3 is 2.50 bits per heavy atom. The number of ether oxygens (including phenoxy) is 1. The molecule has 0 saturated carbocycles. The maximum absolute atomic E-state index is 11.2. The number of benzene rings is 1. The second-order valence-electron chi connectivity index (χ2n) is 5.65. The zero-order chi connectivity index (χ0) is 13.3. The summed E-state index contributed by atoms with van der Waals surface area (Å²) in [6.45, 7) is 3.50. The number of aliphatic carboxylic acids is 1. The molecule has 1 aromatic rings. The Morgan fingerprint density at radius 2 is 1.94 bits per heavy atom. The SMILES string of the molecule is COc1cc2c(cc1CC(C)(C)C(=O)O)CCC2. The van der Waals surface area contributed by atoms with Crippen LogP contribution in [0.3, 0.4) is 0 Å². The number of carboxylic acid groups (broad SMARTS) is 1. The van der Waals surface area contributed by atoms with Crippen LogP contribution in [0.2, 0.25) is 0 Å². The first-order valence-electron chi connectivity index (χ1n) is 6.36. The number of hydrogen-bond donors (Lipinski definition) is 1. The van der Waals surface area contributed by atoms with E-state index >= 15 is 0 Å². The average molecular weight is 248 g/mol. The molecule has 0 fully saturated rings. The van der Waals surface area contributed by atoms with Crippen molar-refractivity contribution in [1.29, 1.82) is 0 Å². The third-order valence-corrected chi connectivity index (χ3v) is 3.71. The molecule has 0 radical (unpaired) electrons. The van der Waals surface area contributed by atoms with Crippen LogP contribution in [0.5, 0.6) is 5.75 Å². The van der Waals surface area contributed by atoms with E-state index in [2.05, 4.69) is 12.1 Å². The lowest BCUT2D eigenvalue weighted by molar-refractivity contribution is -0.146. The molecule has 1 N–H and O–H groups in total. The van der Waals surface area contributed by atoms with Gasteiger partial charge in [-0.25, -0.2) is 0 Å². The summed E-state index contributed by atoms with van der Waals surface area (Å²) >= 11 is 0. The van der Waals surface area contributed by atoms with E-state index < -0.39 is 11.4 Å². The lowest BCUT2D eigenvalue weighted by Crippen LogP contribution is -2.26. The normalized spacial score (nSPS) is 14.4. The van der Waals surface area contributed by atoms with Crippen LogP contribution < -0.4 is 4.74 Å². The second kappa shape index (κ2) is 4.63. The summed E-state index contributed by atoms with van der Waals surface area (Å²) in [5.41, 5.74) is 2.95. The van der Waals surface area contributed by atoms with Gasteiger partial charge in [0.25, 0.3) is 0 Å². The zero-order valence-electron chi connectivity index (χ0n) is 11.2. The quantitative estimate of drug-likeness (QED) is 0.891. The molecular weight excluding hydrogens is 228 g/mol. The molecule has 0 spiro atoms. The fraction of sp³-hybridized carbons (Fsp3) is 0.533. The Balaban J connectivity index is 2.35. The van der Waals surface area contributed by atoms with Crippen LogP contribution in [0, 0.1) is 5.41 Å². The van der Waals surface area contributed by atoms with Crippen molar-refractivity contribution in [3.05, 3.63) is 28.8 Å². The summed E-state index contributed by atoms with van der Waals surface area (Å²) in [4.78, 5) is 11.2. The summed E-state index contributed by atoms with van der Waals surface area (Å²) in [5.74, 6) is 0.0510. The minimum atomic E-state index is -0.773. The van der Waals surface area contributed by atoms with E-state index in [4.69, 9.17) is 4.74 Å². The van der Waals surface area contributed by atoms with Gasteiger partial charge in [-0.15, -0.1) is 0 Å². The second-order valence-corrected chi connectivity index (χ2v) is 5.65. The summed E-state index contributed by atoms with van der Waals surface area (Å²) < 4.78 is 5.40. The predicted octanol–water partition coefficient (Wildman–Crippen LogP) is 2.84. The molecule has 0 atom stereocenters. The summed E-state index contributed by atoms with van der Waals surface area (Å²) in [6, 6.07) is 4.21. The van der Waals surface area contributed by atoms with E-state index in [9.17, 15) is 9.90 Å². The first-order chi connectivity index (χ1) is 8.44. The third-order valence-electron chi connectivity index (χ3n) is 3.71. The van der Waals surface area contributed by atoms with E-state index in [0.29, 0.717) is 6.42 Å². The molecular formula is C15H20O3. The van der Waals surface area contributed by atoms with Crippen molar-refractivity contribution in [3.8, 4) is 5.75 Å². The molecule has 1 aliphatic carbocycles. The number of carboxylic acids is 1. The molecule has 1 aliphatic rings. The Bertz CT molecular complexity index is 475. The van der Waals surface area contributed by atoms with Gasteiger partial charge in [-0.05, 0) is 62.3 Å². The van der Waals surface area contributed by atoms with E-state index in [1.165, 1.54) is 17.5 Å². The van der Waals surface area contributed by atoms with Crippen LogP contribution >= 0.6 is 0 Å². The highest BCUT2D eigenvalue weighted by molar-refractivity contribution is 5.74. The van der Waals surface area contributed by atoms with Crippen LogP contribution in [-0.2, 0) is 24.1 Å². The lowest BCUT2D eigenvalue weighted by Gasteiger charge is -2.21. The molecule has 98 valence electrons. The van der Waals surface area contributed by atoms with Crippen molar-refractivity contribution < 1.29 is 14.6 Å². The zero-order valence-corrected chi connectivity index (χ0v) is 11.2. The average Bonchev–Trinajstić information content (AvgIpc) is 2.74. The maximum Gasteiger partial charge on any atom is 0.309 e. The standard InChI is InChI=1S/C15H20O3/c1-15(2,14(16)17)9-12-7-10-5-4-6-11(10)8-13(12)18-3/h7-8H,4-6,9H2,1-3H3,(H,16,17). The largest absolute Gasteiger partial charge is 0.496 e. The summed E-state index contributed by atoms with van der Waals surface area (Å²) in [6.07, 6.45) is 3.89. The van der Waals surface area contributed by atoms with E-state index in [-0.39, 0.29) is 0 Å². The smallest absolute Gasteiger partial charge is 0.309 e. The number of fused-ring (bicyclic) bond motifs is 1. The van der Waals surface area contributed by atoms with Crippen molar-refractivity contribution >= 4 is 5.97 Å². The van der Waals surface area contributed by atoms with Gasteiger partial charge in [0.15, 0.2) is 0 Å². The van der Waals surface area contributed by atoms with Gasteiger partial charge in [0.05, 0.1) is 12.5 Å². The van der Waals surface area contributed by atoms with E-state index in [0.717, 1.165) is 24.2 Å². The Hall–Kier alpha value is -1.51. The molecule has 0 aliphatic heterocycles. The fourth-order valence-electron chi connectivity index (χ4n) is 2.53. The molecule has 0 amide bonds. The Kier molecular flexibility index (Phi) is 3.33. The van der Waals surface area contributed by atoms with Gasteiger partial charge in [0.2, 0.25) is 0 Å². The van der Waals surface area contributed by atoms with Gasteiger partial charge in [0, 0.05) is 0 Å². The highest BCUT2D eigenvalue weighted by atomic mass is 16.5. The van der Waals surface area contributed by atoms with E-state index in [1.807, 2.05) is 0 Å². The molecule has 2 rings (SSSR count). The Labute approximate surface area is 108 Å². The summed E-state index contributed by atoms with van der Waals surface area (Å²) in [7, 11) is 1.65. The minimum absolute atomic E-state index is 0.499. The predicted molar refractivity (Wildman–Crippen MR) is 70.1 cm³/mol. The van der Waals surface area contributed by atoms with Gasteiger partial charge in [-0.2, -0.15) is 0 Å². The molecule has 0 aromatic heterocycles. The van der Waals surface area contributed by atoms with Crippen molar-refractivity contribution in [1.82, 2.24) is 0 Å². The van der Waals surface area contributed by atoms with Crippen LogP contribution in [0.4, 0.5) is 0 Å². The molecule has 3 heteroatoms. The molecule has 1 aromatic carbocycles. The van der Waals surface area contributed by atoms with Crippen molar-refractivity contribution in [2.45, 2.75) is 39.5 Å². The molecule has 3 nitrogen and oxygen atoms in total. The monoisotopic (exact) mass is 248 g/mol. The highest BCUT2D eigenvalue weighted by Crippen LogP contribution is 2.33. The maximum atomic E-state index is 11.2. The minimum Gasteiger partial charge on any atom is -0.496 e. The van der Waals surface area contributed by atoms with Crippen molar-refractivity contribution in [2.24, 2.45) is 5.41 Å². The Morgan fingerprint density at radius 1 is 1.33 bits per heavy atom. The van der Waals surface area contributed by atoms with Crippen LogP contribution in [0.15, 0.2) is 12.1 Å². The van der Waals surface area contributed by atoms with E-state index in [1.54, 1.807) is 21.0 Å². The molecule has 0 heterocycles. The molecule has 0 unspecified atom stereocenters. The number of aryl methyl sites for hydroxylation is 2. The topological polar surface area (TPSA) is 46.5 Å². The third kappa shape index (κ3) is 2.35. The summed E-state index contributed by atoms with van der Waals surface area (Å²) in [5, 5.41) is 9.22. The van der Waals surface area contributed by atoms with Gasteiger partial charge >= 0.3 is 5.97 Å². The number of rotatable bonds is 4. The lowest BCUT2D eigenvalue weighted by atomic mass is 9.85. The van der Waals surface area contributed by atoms with Gasteiger partial charge in [-0.3, -0.25) is 4.79 Å². The van der Waals surface area contributed by atoms with Gasteiger partial charge < -0.3 is 9.84 Å². The molecule has 0 bridgehead atoms.